The lowest BCUT2D eigenvalue weighted by Crippen LogP contribution is -2.15. The Morgan fingerprint density at radius 2 is 1.62 bits per heavy atom. The summed E-state index contributed by atoms with van der Waals surface area (Å²) in [6, 6.07) is 16.5. The number of rotatable bonds is 4. The van der Waals surface area contributed by atoms with E-state index in [4.69, 9.17) is 16.3 Å². The fourth-order valence-corrected chi connectivity index (χ4v) is 2.82. The van der Waals surface area contributed by atoms with Gasteiger partial charge in [0.1, 0.15) is 5.75 Å². The van der Waals surface area contributed by atoms with Crippen LogP contribution >= 0.6 is 11.6 Å². The number of halogens is 1. The molecule has 0 saturated carbocycles. The van der Waals surface area contributed by atoms with Crippen LogP contribution in [0.2, 0.25) is 0 Å². The predicted octanol–water partition coefficient (Wildman–Crippen LogP) is 5.71. The minimum absolute atomic E-state index is 0.0784. The van der Waals surface area contributed by atoms with Crippen molar-refractivity contribution in [3.05, 3.63) is 65.2 Å². The molecule has 0 radical (unpaired) electrons. The lowest BCUT2D eigenvalue weighted by molar-refractivity contribution is 0.340. The first-order valence-electron chi connectivity index (χ1n) is 7.39. The molecule has 0 heterocycles. The molecule has 0 bridgehead atoms. The van der Waals surface area contributed by atoms with Crippen molar-refractivity contribution in [3.63, 3.8) is 0 Å². The zero-order valence-corrected chi connectivity index (χ0v) is 13.9. The summed E-state index contributed by atoms with van der Waals surface area (Å²) in [5, 5.41) is -0.142. The van der Waals surface area contributed by atoms with Crippen molar-refractivity contribution < 1.29 is 4.74 Å². The molecule has 21 heavy (non-hydrogen) atoms. The highest BCUT2D eigenvalue weighted by Gasteiger charge is 2.22. The highest BCUT2D eigenvalue weighted by molar-refractivity contribution is 6.22. The molecule has 1 nitrogen and oxygen atoms in total. The van der Waals surface area contributed by atoms with Crippen LogP contribution in [0.3, 0.4) is 0 Å². The molecule has 0 aliphatic rings. The van der Waals surface area contributed by atoms with Crippen LogP contribution in [0.15, 0.2) is 48.5 Å². The summed E-state index contributed by atoms with van der Waals surface area (Å²) in [5.41, 5.74) is 3.64. The zero-order chi connectivity index (χ0) is 15.5. The van der Waals surface area contributed by atoms with Crippen molar-refractivity contribution >= 4 is 11.6 Å². The van der Waals surface area contributed by atoms with Gasteiger partial charge >= 0.3 is 0 Å². The maximum atomic E-state index is 6.73. The van der Waals surface area contributed by atoms with Crippen molar-refractivity contribution in [2.24, 2.45) is 0 Å². The minimum atomic E-state index is -0.142. The summed E-state index contributed by atoms with van der Waals surface area (Å²) in [6.07, 6.45) is 0. The van der Waals surface area contributed by atoms with Crippen molar-refractivity contribution in [2.45, 2.75) is 38.5 Å². The van der Waals surface area contributed by atoms with Crippen LogP contribution in [0.5, 0.6) is 5.75 Å². The number of ether oxygens (including phenoxy) is 1. The molecule has 2 aromatic rings. The molecule has 0 amide bonds. The molecule has 1 atom stereocenters. The van der Waals surface area contributed by atoms with Gasteiger partial charge in [0.05, 0.1) is 12.0 Å². The van der Waals surface area contributed by atoms with Gasteiger partial charge in [-0.2, -0.15) is 0 Å². The molecule has 0 spiro atoms. The second kappa shape index (κ2) is 6.53. The average molecular weight is 303 g/mol. The third-order valence-corrected chi connectivity index (χ3v) is 4.01. The van der Waals surface area contributed by atoms with Crippen LogP contribution in [0, 0.1) is 0 Å². The lowest BCUT2D eigenvalue weighted by atomic mass is 9.82. The summed E-state index contributed by atoms with van der Waals surface area (Å²) >= 11 is 6.73. The van der Waals surface area contributed by atoms with E-state index in [0.717, 1.165) is 11.3 Å². The fraction of sp³-hybridized carbons (Fsp3) is 0.368. The maximum Gasteiger partial charge on any atom is 0.119 e. The van der Waals surface area contributed by atoms with Gasteiger partial charge < -0.3 is 4.74 Å². The Morgan fingerprint density at radius 3 is 2.19 bits per heavy atom. The van der Waals surface area contributed by atoms with Gasteiger partial charge in [-0.05, 0) is 41.2 Å². The summed E-state index contributed by atoms with van der Waals surface area (Å²) in [4.78, 5) is 0. The second-order valence-corrected chi connectivity index (χ2v) is 6.64. The van der Waals surface area contributed by atoms with Crippen molar-refractivity contribution in [1.82, 2.24) is 0 Å². The number of hydrogen-bond donors (Lipinski definition) is 0. The quantitative estimate of drug-likeness (QED) is 0.657. The molecular weight excluding hydrogens is 280 g/mol. The van der Waals surface area contributed by atoms with Crippen LogP contribution in [0.1, 0.15) is 49.8 Å². The van der Waals surface area contributed by atoms with Crippen LogP contribution in [0.4, 0.5) is 0 Å². The second-order valence-electron chi connectivity index (χ2n) is 6.20. The Bertz CT molecular complexity index is 581. The van der Waals surface area contributed by atoms with Crippen molar-refractivity contribution in [1.29, 1.82) is 0 Å². The van der Waals surface area contributed by atoms with Gasteiger partial charge in [0.25, 0.3) is 0 Å². The normalized spacial score (nSPS) is 13.0. The van der Waals surface area contributed by atoms with Gasteiger partial charge in [-0.15, -0.1) is 11.6 Å². The van der Waals surface area contributed by atoms with E-state index in [9.17, 15) is 0 Å². The van der Waals surface area contributed by atoms with Crippen LogP contribution in [-0.4, -0.2) is 6.61 Å². The molecule has 0 aromatic heterocycles. The Kier molecular flexibility index (Phi) is 4.95. The monoisotopic (exact) mass is 302 g/mol. The first-order chi connectivity index (χ1) is 9.93. The Labute approximate surface area is 132 Å². The number of benzene rings is 2. The van der Waals surface area contributed by atoms with E-state index in [-0.39, 0.29) is 10.8 Å². The van der Waals surface area contributed by atoms with Gasteiger partial charge in [-0.25, -0.2) is 0 Å². The molecule has 0 aliphatic carbocycles. The number of alkyl halides is 1. The Hall–Kier alpha value is -1.47. The fourth-order valence-electron chi connectivity index (χ4n) is 2.48. The van der Waals surface area contributed by atoms with E-state index in [0.29, 0.717) is 6.61 Å². The molecule has 2 aromatic carbocycles. The first-order valence-corrected chi connectivity index (χ1v) is 7.83. The van der Waals surface area contributed by atoms with Gasteiger partial charge in [0.2, 0.25) is 0 Å². The number of hydrogen-bond acceptors (Lipinski definition) is 1. The highest BCUT2D eigenvalue weighted by atomic mass is 35.5. The molecule has 112 valence electrons. The first kappa shape index (κ1) is 15.9. The summed E-state index contributed by atoms with van der Waals surface area (Å²) in [7, 11) is 0. The third-order valence-electron chi connectivity index (χ3n) is 3.53. The summed E-state index contributed by atoms with van der Waals surface area (Å²) in [6.45, 7) is 9.31. The molecule has 2 heteroatoms. The van der Waals surface area contributed by atoms with Gasteiger partial charge in [-0.1, -0.05) is 57.2 Å². The van der Waals surface area contributed by atoms with E-state index in [1.807, 2.05) is 31.2 Å². The molecule has 0 saturated heterocycles. The predicted molar refractivity (Wildman–Crippen MR) is 90.4 cm³/mol. The summed E-state index contributed by atoms with van der Waals surface area (Å²) in [5.74, 6) is 0.884. The standard InChI is InChI=1S/C19H23ClO/c1-5-21-15-12-10-14(11-13-15)18(20)16-8-6-7-9-17(16)19(2,3)4/h6-13,18H,5H2,1-4H3. The lowest BCUT2D eigenvalue weighted by Gasteiger charge is -2.25. The van der Waals surface area contributed by atoms with Crippen molar-refractivity contribution in [3.8, 4) is 5.75 Å². The molecule has 0 fully saturated rings. The third kappa shape index (κ3) is 3.79. The van der Waals surface area contributed by atoms with Crippen LogP contribution in [-0.2, 0) is 5.41 Å². The Morgan fingerprint density at radius 1 is 1.00 bits per heavy atom. The maximum absolute atomic E-state index is 6.73. The van der Waals surface area contributed by atoms with E-state index in [1.54, 1.807) is 0 Å². The topological polar surface area (TPSA) is 9.23 Å². The SMILES string of the molecule is CCOc1ccc(C(Cl)c2ccccc2C(C)(C)C)cc1. The van der Waals surface area contributed by atoms with E-state index < -0.39 is 0 Å². The molecule has 2 rings (SSSR count). The smallest absolute Gasteiger partial charge is 0.119 e. The molecule has 1 unspecified atom stereocenters. The van der Waals surface area contributed by atoms with E-state index in [1.165, 1.54) is 11.1 Å². The summed E-state index contributed by atoms with van der Waals surface area (Å²) < 4.78 is 5.48. The van der Waals surface area contributed by atoms with Crippen LogP contribution in [0.25, 0.3) is 0 Å². The van der Waals surface area contributed by atoms with Crippen LogP contribution < -0.4 is 4.74 Å². The van der Waals surface area contributed by atoms with E-state index in [2.05, 4.69) is 45.0 Å². The molecular formula is C19H23ClO. The van der Waals surface area contributed by atoms with Gasteiger partial charge in [0, 0.05) is 0 Å². The minimum Gasteiger partial charge on any atom is -0.494 e. The van der Waals surface area contributed by atoms with E-state index >= 15 is 0 Å². The van der Waals surface area contributed by atoms with Crippen molar-refractivity contribution in [2.75, 3.05) is 6.61 Å². The molecule has 0 aliphatic heterocycles. The highest BCUT2D eigenvalue weighted by Crippen LogP contribution is 2.36. The van der Waals surface area contributed by atoms with Gasteiger partial charge in [-0.3, -0.25) is 0 Å². The Balaban J connectivity index is 2.34. The molecule has 0 N–H and O–H groups in total. The largest absolute Gasteiger partial charge is 0.494 e. The zero-order valence-electron chi connectivity index (χ0n) is 13.2. The average Bonchev–Trinajstić information content (AvgIpc) is 2.47. The van der Waals surface area contributed by atoms with Gasteiger partial charge in [0.15, 0.2) is 0 Å².